The third-order valence-corrected chi connectivity index (χ3v) is 5.56. The number of carbonyl (C=O) groups is 1. The molecule has 0 bridgehead atoms. The fraction of sp³-hybridized carbons (Fsp3) is 0.435. The van der Waals surface area contributed by atoms with Gasteiger partial charge in [0.05, 0.1) is 38.5 Å². The summed E-state index contributed by atoms with van der Waals surface area (Å²) in [5.41, 5.74) is 4.37. The van der Waals surface area contributed by atoms with Gasteiger partial charge in [-0.1, -0.05) is 29.8 Å². The van der Waals surface area contributed by atoms with Gasteiger partial charge >= 0.3 is 0 Å². The van der Waals surface area contributed by atoms with Crippen LogP contribution in [0, 0.1) is 13.8 Å². The maximum Gasteiger partial charge on any atom is 0.282 e. The summed E-state index contributed by atoms with van der Waals surface area (Å²) in [6.07, 6.45) is 0. The van der Waals surface area contributed by atoms with Gasteiger partial charge in [-0.05, 0) is 51.5 Å². The minimum atomic E-state index is -0.0787. The lowest BCUT2D eigenvalue weighted by atomic mass is 10.1. The fourth-order valence-electron chi connectivity index (χ4n) is 3.84. The second-order valence-electron chi connectivity index (χ2n) is 7.58. The van der Waals surface area contributed by atoms with E-state index >= 15 is 0 Å². The van der Waals surface area contributed by atoms with E-state index in [1.54, 1.807) is 0 Å². The van der Waals surface area contributed by atoms with E-state index in [4.69, 9.17) is 4.74 Å². The van der Waals surface area contributed by atoms with Gasteiger partial charge in [-0.2, -0.15) is 0 Å². The van der Waals surface area contributed by atoms with Crippen LogP contribution in [0.25, 0.3) is 0 Å². The number of nitrogens with zero attached hydrogens (tertiary/aromatic N) is 1. The summed E-state index contributed by atoms with van der Waals surface area (Å²) < 4.78 is 5.78. The number of para-hydroxylation sites is 2. The summed E-state index contributed by atoms with van der Waals surface area (Å²) >= 11 is 0. The Morgan fingerprint density at radius 3 is 2.57 bits per heavy atom. The normalized spacial score (nSPS) is 15.9. The van der Waals surface area contributed by atoms with Crippen LogP contribution in [0.1, 0.15) is 25.0 Å². The average Bonchev–Trinajstić information content (AvgIpc) is 2.70. The zero-order valence-corrected chi connectivity index (χ0v) is 17.4. The van der Waals surface area contributed by atoms with Crippen LogP contribution in [0.15, 0.2) is 42.5 Å². The number of benzene rings is 2. The molecule has 1 saturated heterocycles. The Kier molecular flexibility index (Phi) is 6.57. The molecule has 0 radical (unpaired) electrons. The molecule has 28 heavy (non-hydrogen) atoms. The van der Waals surface area contributed by atoms with Gasteiger partial charge in [-0.25, -0.2) is 0 Å². The fourth-order valence-corrected chi connectivity index (χ4v) is 3.84. The van der Waals surface area contributed by atoms with E-state index in [0.29, 0.717) is 6.61 Å². The highest BCUT2D eigenvalue weighted by atomic mass is 16.5. The van der Waals surface area contributed by atoms with Crippen LogP contribution in [0.2, 0.25) is 0 Å². The molecule has 0 spiro atoms. The Hall–Kier alpha value is -2.53. The molecule has 1 fully saturated rings. The van der Waals surface area contributed by atoms with Crippen molar-refractivity contribution in [3.8, 4) is 5.75 Å². The molecule has 1 atom stereocenters. The molecule has 1 aliphatic heterocycles. The van der Waals surface area contributed by atoms with E-state index in [0.717, 1.165) is 48.9 Å². The summed E-state index contributed by atoms with van der Waals surface area (Å²) in [6, 6.07) is 14.3. The van der Waals surface area contributed by atoms with Crippen molar-refractivity contribution in [2.45, 2.75) is 33.7 Å². The van der Waals surface area contributed by atoms with E-state index in [2.05, 4.69) is 35.3 Å². The SMILES string of the molecule is CCOc1ccccc1N1CC[NH+]([C@@H](C)C(=O)Nc2ccc(C)cc2C)CC1. The van der Waals surface area contributed by atoms with Gasteiger partial charge in [0.25, 0.3) is 5.91 Å². The molecule has 150 valence electrons. The number of amides is 1. The minimum Gasteiger partial charge on any atom is -0.492 e. The Labute approximate surface area is 168 Å². The zero-order valence-electron chi connectivity index (χ0n) is 17.4. The molecule has 3 rings (SSSR count). The molecule has 1 heterocycles. The molecular formula is C23H32N3O2+. The number of rotatable bonds is 6. The molecule has 2 aromatic carbocycles. The second-order valence-corrected chi connectivity index (χ2v) is 7.58. The van der Waals surface area contributed by atoms with Crippen molar-refractivity contribution >= 4 is 17.3 Å². The Morgan fingerprint density at radius 1 is 1.18 bits per heavy atom. The summed E-state index contributed by atoms with van der Waals surface area (Å²) in [6.45, 7) is 12.5. The lowest BCUT2D eigenvalue weighted by Crippen LogP contribution is -3.19. The number of quaternary nitrogens is 1. The first-order chi connectivity index (χ1) is 13.5. The number of piperazine rings is 1. The van der Waals surface area contributed by atoms with Gasteiger partial charge < -0.3 is 19.9 Å². The van der Waals surface area contributed by atoms with Gasteiger partial charge in [0, 0.05) is 5.69 Å². The van der Waals surface area contributed by atoms with Crippen LogP contribution in [-0.4, -0.2) is 44.7 Å². The molecule has 5 heteroatoms. The summed E-state index contributed by atoms with van der Waals surface area (Å²) in [7, 11) is 0. The van der Waals surface area contributed by atoms with Crippen molar-refractivity contribution in [1.82, 2.24) is 0 Å². The highest BCUT2D eigenvalue weighted by molar-refractivity contribution is 5.94. The summed E-state index contributed by atoms with van der Waals surface area (Å²) in [5.74, 6) is 1.03. The standard InChI is InChI=1S/C23H31N3O2/c1-5-28-22-9-7-6-8-21(22)26-14-12-25(13-15-26)19(4)23(27)24-20-11-10-17(2)16-18(20)3/h6-11,16,19H,5,12-15H2,1-4H3,(H,24,27)/p+1/t19-/m0/s1. The van der Waals surface area contributed by atoms with Crippen molar-refractivity contribution < 1.29 is 14.4 Å². The van der Waals surface area contributed by atoms with Crippen molar-refractivity contribution in [1.29, 1.82) is 0 Å². The van der Waals surface area contributed by atoms with E-state index in [-0.39, 0.29) is 11.9 Å². The number of hydrogen-bond donors (Lipinski definition) is 2. The largest absolute Gasteiger partial charge is 0.492 e. The van der Waals surface area contributed by atoms with Crippen LogP contribution in [0.5, 0.6) is 5.75 Å². The molecule has 0 saturated carbocycles. The van der Waals surface area contributed by atoms with Crippen molar-refractivity contribution in [2.75, 3.05) is 43.0 Å². The van der Waals surface area contributed by atoms with Crippen LogP contribution in [0.4, 0.5) is 11.4 Å². The first-order valence-electron chi connectivity index (χ1n) is 10.2. The van der Waals surface area contributed by atoms with E-state index in [1.165, 1.54) is 10.5 Å². The van der Waals surface area contributed by atoms with E-state index in [1.807, 2.05) is 45.0 Å². The van der Waals surface area contributed by atoms with Crippen molar-refractivity contribution in [2.24, 2.45) is 0 Å². The number of carbonyl (C=O) groups excluding carboxylic acids is 1. The number of anilines is 2. The van der Waals surface area contributed by atoms with Gasteiger partial charge in [-0.3, -0.25) is 4.79 Å². The van der Waals surface area contributed by atoms with Crippen LogP contribution in [0.3, 0.4) is 0 Å². The number of aryl methyl sites for hydroxylation is 2. The zero-order chi connectivity index (χ0) is 20.1. The molecule has 2 N–H and O–H groups in total. The maximum absolute atomic E-state index is 12.8. The predicted octanol–water partition coefficient (Wildman–Crippen LogP) is 2.43. The lowest BCUT2D eigenvalue weighted by Gasteiger charge is -2.36. The molecule has 1 amide bonds. The predicted molar refractivity (Wildman–Crippen MR) is 115 cm³/mol. The highest BCUT2D eigenvalue weighted by Crippen LogP contribution is 2.27. The molecule has 0 aromatic heterocycles. The molecular weight excluding hydrogens is 350 g/mol. The lowest BCUT2D eigenvalue weighted by molar-refractivity contribution is -0.914. The molecule has 5 nitrogen and oxygen atoms in total. The smallest absolute Gasteiger partial charge is 0.282 e. The first-order valence-corrected chi connectivity index (χ1v) is 10.2. The number of hydrogen-bond acceptors (Lipinski definition) is 3. The molecule has 0 aliphatic carbocycles. The monoisotopic (exact) mass is 382 g/mol. The minimum absolute atomic E-state index is 0.0787. The van der Waals surface area contributed by atoms with Crippen molar-refractivity contribution in [3.63, 3.8) is 0 Å². The van der Waals surface area contributed by atoms with Gasteiger partial charge in [0.1, 0.15) is 5.75 Å². The van der Waals surface area contributed by atoms with Gasteiger partial charge in [0.15, 0.2) is 6.04 Å². The third-order valence-electron chi connectivity index (χ3n) is 5.56. The van der Waals surface area contributed by atoms with Gasteiger partial charge in [0.2, 0.25) is 0 Å². The Balaban J connectivity index is 1.59. The first kappa shape index (κ1) is 20.2. The topological polar surface area (TPSA) is 46.0 Å². The Morgan fingerprint density at radius 2 is 1.89 bits per heavy atom. The summed E-state index contributed by atoms with van der Waals surface area (Å²) in [4.78, 5) is 16.5. The van der Waals surface area contributed by atoms with Crippen molar-refractivity contribution in [3.05, 3.63) is 53.6 Å². The van der Waals surface area contributed by atoms with E-state index in [9.17, 15) is 4.79 Å². The van der Waals surface area contributed by atoms with E-state index < -0.39 is 0 Å². The van der Waals surface area contributed by atoms with Crippen LogP contribution >= 0.6 is 0 Å². The summed E-state index contributed by atoms with van der Waals surface area (Å²) in [5, 5.41) is 3.11. The number of nitrogens with one attached hydrogen (secondary N) is 2. The van der Waals surface area contributed by atoms with Crippen LogP contribution in [-0.2, 0) is 4.79 Å². The maximum atomic E-state index is 12.8. The third kappa shape index (κ3) is 4.65. The Bertz CT molecular complexity index is 813. The molecule has 2 aromatic rings. The second kappa shape index (κ2) is 9.11. The average molecular weight is 383 g/mol. The molecule has 0 unspecified atom stereocenters. The molecule has 1 aliphatic rings. The highest BCUT2D eigenvalue weighted by Gasteiger charge is 2.30. The van der Waals surface area contributed by atoms with Gasteiger partial charge in [-0.15, -0.1) is 0 Å². The number of ether oxygens (including phenoxy) is 1. The quantitative estimate of drug-likeness (QED) is 0.807. The van der Waals surface area contributed by atoms with Crippen LogP contribution < -0.4 is 19.9 Å².